The number of ether oxygens (including phenoxy) is 1. The van der Waals surface area contributed by atoms with Crippen LogP contribution in [0.5, 0.6) is 5.75 Å². The maximum atomic E-state index is 12.6. The van der Waals surface area contributed by atoms with Gasteiger partial charge in [0.25, 0.3) is 5.91 Å². The molecule has 0 aliphatic heterocycles. The lowest BCUT2D eigenvalue weighted by Gasteiger charge is -2.07. The Morgan fingerprint density at radius 1 is 1.03 bits per heavy atom. The highest BCUT2D eigenvalue weighted by molar-refractivity contribution is 6.36. The van der Waals surface area contributed by atoms with Crippen molar-refractivity contribution >= 4 is 46.5 Å². The normalized spacial score (nSPS) is 10.9. The second-order valence-electron chi connectivity index (χ2n) is 7.48. The number of furan rings is 1. The molecular weight excluding hydrogens is 485 g/mol. The summed E-state index contributed by atoms with van der Waals surface area (Å²) in [4.78, 5) is 12.6. The molecule has 0 radical (unpaired) electrons. The van der Waals surface area contributed by atoms with Gasteiger partial charge in [-0.25, -0.2) is 0 Å². The van der Waals surface area contributed by atoms with E-state index < -0.39 is 5.91 Å². The number of carbonyl (C=O) groups excluding carboxylic acids is 1. The van der Waals surface area contributed by atoms with Crippen LogP contribution in [-0.4, -0.2) is 15.7 Å². The third-order valence-corrected chi connectivity index (χ3v) is 6.06. The zero-order chi connectivity index (χ0) is 23.5. The Bertz CT molecular complexity index is 1290. The van der Waals surface area contributed by atoms with Crippen molar-refractivity contribution in [2.45, 2.75) is 27.0 Å². The van der Waals surface area contributed by atoms with E-state index in [2.05, 4.69) is 10.4 Å². The van der Waals surface area contributed by atoms with Crippen molar-refractivity contribution in [1.82, 2.24) is 9.78 Å². The number of nitrogens with one attached hydrogen (secondary N) is 1. The minimum atomic E-state index is -0.477. The maximum Gasteiger partial charge on any atom is 0.292 e. The zero-order valence-electron chi connectivity index (χ0n) is 17.9. The highest BCUT2D eigenvalue weighted by Gasteiger charge is 2.17. The van der Waals surface area contributed by atoms with Gasteiger partial charge in [-0.1, -0.05) is 46.9 Å². The number of halogens is 3. The van der Waals surface area contributed by atoms with E-state index in [4.69, 9.17) is 44.0 Å². The molecule has 33 heavy (non-hydrogen) atoms. The molecule has 2 aromatic heterocycles. The Kier molecular flexibility index (Phi) is 6.98. The van der Waals surface area contributed by atoms with Crippen LogP contribution in [-0.2, 0) is 13.2 Å². The van der Waals surface area contributed by atoms with Crippen LogP contribution in [0.25, 0.3) is 0 Å². The Hall–Kier alpha value is -2.93. The molecule has 0 aliphatic carbocycles. The molecule has 2 heterocycles. The van der Waals surface area contributed by atoms with Crippen LogP contribution in [0.3, 0.4) is 0 Å². The smallest absolute Gasteiger partial charge is 0.292 e. The summed E-state index contributed by atoms with van der Waals surface area (Å²) in [7, 11) is 0. The van der Waals surface area contributed by atoms with E-state index in [-0.39, 0.29) is 23.2 Å². The van der Waals surface area contributed by atoms with Gasteiger partial charge in [0.05, 0.1) is 6.54 Å². The topological polar surface area (TPSA) is 69.3 Å². The van der Waals surface area contributed by atoms with Crippen LogP contribution in [0, 0.1) is 13.8 Å². The van der Waals surface area contributed by atoms with Gasteiger partial charge in [-0.2, -0.15) is 5.10 Å². The van der Waals surface area contributed by atoms with Crippen molar-refractivity contribution in [2.75, 3.05) is 5.32 Å². The summed E-state index contributed by atoms with van der Waals surface area (Å²) in [5, 5.41) is 8.29. The SMILES string of the molecule is Cc1ccc(OCc2ccc(C(=O)Nc3nn(Cc4c(Cl)cccc4Cl)cc3Cl)o2)cc1C. The Morgan fingerprint density at radius 2 is 1.79 bits per heavy atom. The molecule has 0 spiro atoms. The molecule has 0 saturated carbocycles. The lowest BCUT2D eigenvalue weighted by atomic mass is 10.1. The number of amides is 1. The minimum Gasteiger partial charge on any atom is -0.486 e. The third kappa shape index (κ3) is 5.53. The molecule has 1 amide bonds. The summed E-state index contributed by atoms with van der Waals surface area (Å²) in [6.45, 7) is 4.56. The Balaban J connectivity index is 1.39. The van der Waals surface area contributed by atoms with Crippen LogP contribution in [0.15, 0.2) is 59.1 Å². The fraction of sp³-hybridized carbons (Fsp3) is 0.167. The molecule has 170 valence electrons. The minimum absolute atomic E-state index is 0.119. The predicted octanol–water partition coefficient (Wildman–Crippen LogP) is 6.93. The van der Waals surface area contributed by atoms with Gasteiger partial charge in [0, 0.05) is 21.8 Å². The van der Waals surface area contributed by atoms with Gasteiger partial charge in [-0.3, -0.25) is 9.48 Å². The number of hydrogen-bond donors (Lipinski definition) is 1. The second-order valence-corrected chi connectivity index (χ2v) is 8.70. The van der Waals surface area contributed by atoms with Crippen molar-refractivity contribution in [2.24, 2.45) is 0 Å². The summed E-state index contributed by atoms with van der Waals surface area (Å²) in [6, 6.07) is 14.4. The average Bonchev–Trinajstić information content (AvgIpc) is 3.38. The fourth-order valence-electron chi connectivity index (χ4n) is 3.11. The highest BCUT2D eigenvalue weighted by Crippen LogP contribution is 2.27. The average molecular weight is 505 g/mol. The first-order chi connectivity index (χ1) is 15.8. The number of rotatable bonds is 7. The fourth-order valence-corrected chi connectivity index (χ4v) is 3.83. The third-order valence-electron chi connectivity index (χ3n) is 5.08. The molecule has 0 atom stereocenters. The standard InChI is InChI=1S/C24H20Cl3N3O3/c1-14-6-7-16(10-15(14)2)32-13-17-8-9-22(33-17)24(31)28-23-21(27)12-30(29-23)11-18-19(25)4-3-5-20(18)26/h3-10,12H,11,13H2,1-2H3,(H,28,29,31). The monoisotopic (exact) mass is 503 g/mol. The molecule has 0 unspecified atom stereocenters. The number of nitrogens with zero attached hydrogens (tertiary/aromatic N) is 2. The van der Waals surface area contributed by atoms with Gasteiger partial charge in [0.1, 0.15) is 23.1 Å². The molecule has 6 nitrogen and oxygen atoms in total. The molecule has 0 aliphatic rings. The molecule has 0 bridgehead atoms. The summed E-state index contributed by atoms with van der Waals surface area (Å²) in [5.74, 6) is 1.10. The molecular formula is C24H20Cl3N3O3. The van der Waals surface area contributed by atoms with E-state index in [0.717, 1.165) is 11.3 Å². The predicted molar refractivity (Wildman–Crippen MR) is 130 cm³/mol. The lowest BCUT2D eigenvalue weighted by Crippen LogP contribution is -2.12. The van der Waals surface area contributed by atoms with Crippen molar-refractivity contribution in [3.63, 3.8) is 0 Å². The molecule has 4 rings (SSSR count). The first-order valence-corrected chi connectivity index (χ1v) is 11.2. The summed E-state index contributed by atoms with van der Waals surface area (Å²) in [6.07, 6.45) is 1.59. The first-order valence-electron chi connectivity index (χ1n) is 10.1. The lowest BCUT2D eigenvalue weighted by molar-refractivity contribution is 0.0992. The molecule has 9 heteroatoms. The maximum absolute atomic E-state index is 12.6. The van der Waals surface area contributed by atoms with Crippen LogP contribution < -0.4 is 10.1 Å². The zero-order valence-corrected chi connectivity index (χ0v) is 20.1. The quantitative estimate of drug-likeness (QED) is 0.296. The number of aromatic nitrogens is 2. The molecule has 0 fully saturated rings. The Labute approximate surface area is 206 Å². The van der Waals surface area contributed by atoms with E-state index >= 15 is 0 Å². The van der Waals surface area contributed by atoms with Gasteiger partial charge in [0.2, 0.25) is 0 Å². The summed E-state index contributed by atoms with van der Waals surface area (Å²) < 4.78 is 12.9. The van der Waals surface area contributed by atoms with E-state index in [1.165, 1.54) is 5.56 Å². The van der Waals surface area contributed by atoms with Crippen molar-refractivity contribution in [3.8, 4) is 5.75 Å². The number of aryl methyl sites for hydroxylation is 2. The van der Waals surface area contributed by atoms with E-state index in [9.17, 15) is 4.79 Å². The van der Waals surface area contributed by atoms with E-state index in [0.29, 0.717) is 27.9 Å². The first kappa shape index (κ1) is 23.2. The largest absolute Gasteiger partial charge is 0.486 e. The summed E-state index contributed by atoms with van der Waals surface area (Å²) >= 11 is 18.7. The van der Waals surface area contributed by atoms with Gasteiger partial charge in [-0.15, -0.1) is 0 Å². The number of anilines is 1. The van der Waals surface area contributed by atoms with Crippen LogP contribution >= 0.6 is 34.8 Å². The van der Waals surface area contributed by atoms with Crippen LogP contribution in [0.4, 0.5) is 5.82 Å². The van der Waals surface area contributed by atoms with Gasteiger partial charge in [0.15, 0.2) is 11.6 Å². The van der Waals surface area contributed by atoms with Crippen molar-refractivity contribution in [1.29, 1.82) is 0 Å². The van der Waals surface area contributed by atoms with Crippen molar-refractivity contribution < 1.29 is 13.9 Å². The Morgan fingerprint density at radius 3 is 2.52 bits per heavy atom. The number of benzene rings is 2. The highest BCUT2D eigenvalue weighted by atomic mass is 35.5. The van der Waals surface area contributed by atoms with Gasteiger partial charge >= 0.3 is 0 Å². The molecule has 2 aromatic carbocycles. The van der Waals surface area contributed by atoms with Gasteiger partial charge in [-0.05, 0) is 61.4 Å². The van der Waals surface area contributed by atoms with Crippen LogP contribution in [0.2, 0.25) is 15.1 Å². The van der Waals surface area contributed by atoms with Gasteiger partial charge < -0.3 is 14.5 Å². The molecule has 1 N–H and O–H groups in total. The van der Waals surface area contributed by atoms with Crippen LogP contribution in [0.1, 0.15) is 33.0 Å². The van der Waals surface area contributed by atoms with E-state index in [1.807, 2.05) is 32.0 Å². The molecule has 0 saturated heterocycles. The summed E-state index contributed by atoms with van der Waals surface area (Å²) in [5.41, 5.74) is 3.04. The molecule has 4 aromatic rings. The number of hydrogen-bond acceptors (Lipinski definition) is 4. The second kappa shape index (κ2) is 9.91. The van der Waals surface area contributed by atoms with E-state index in [1.54, 1.807) is 41.2 Å². The number of carbonyl (C=O) groups is 1. The van der Waals surface area contributed by atoms with Crippen molar-refractivity contribution in [3.05, 3.63) is 98.0 Å².